The highest BCUT2D eigenvalue weighted by Crippen LogP contribution is 2.24. The number of hydrogen-bond donors (Lipinski definition) is 2. The highest BCUT2D eigenvalue weighted by atomic mass is 19.1. The quantitative estimate of drug-likeness (QED) is 0.708. The number of anilines is 2. The summed E-state index contributed by atoms with van der Waals surface area (Å²) in [5.41, 5.74) is 1.37. The van der Waals surface area contributed by atoms with Gasteiger partial charge in [-0.05, 0) is 48.5 Å². The largest absolute Gasteiger partial charge is 0.495 e. The molecule has 0 heterocycles. The van der Waals surface area contributed by atoms with Crippen LogP contribution in [0.25, 0.3) is 0 Å². The first-order valence-corrected chi connectivity index (χ1v) is 8.19. The van der Waals surface area contributed by atoms with Crippen LogP contribution in [0.2, 0.25) is 0 Å². The third-order valence-electron chi connectivity index (χ3n) is 3.88. The Labute approximate surface area is 155 Å². The van der Waals surface area contributed by atoms with Crippen LogP contribution >= 0.6 is 0 Å². The molecule has 0 unspecified atom stereocenters. The van der Waals surface area contributed by atoms with Gasteiger partial charge in [0.05, 0.1) is 18.4 Å². The molecule has 0 spiro atoms. The van der Waals surface area contributed by atoms with Gasteiger partial charge in [0.2, 0.25) is 0 Å². The number of carbonyl (C=O) groups excluding carboxylic acids is 2. The first kappa shape index (κ1) is 18.1. The topological polar surface area (TPSA) is 67.4 Å². The van der Waals surface area contributed by atoms with E-state index in [1.807, 2.05) is 6.07 Å². The maximum atomic E-state index is 13.7. The summed E-state index contributed by atoms with van der Waals surface area (Å²) in [7, 11) is 1.53. The Morgan fingerprint density at radius 2 is 1.48 bits per heavy atom. The minimum absolute atomic E-state index is 0.0458. The fourth-order valence-electron chi connectivity index (χ4n) is 2.49. The zero-order valence-corrected chi connectivity index (χ0v) is 14.5. The lowest BCUT2D eigenvalue weighted by Gasteiger charge is -2.10. The fraction of sp³-hybridized carbons (Fsp3) is 0.0476. The average Bonchev–Trinajstić information content (AvgIpc) is 2.69. The van der Waals surface area contributed by atoms with Gasteiger partial charge in [0.15, 0.2) is 0 Å². The Kier molecular flexibility index (Phi) is 5.47. The molecule has 2 N–H and O–H groups in total. The third-order valence-corrected chi connectivity index (χ3v) is 3.88. The van der Waals surface area contributed by atoms with E-state index in [9.17, 15) is 14.0 Å². The second kappa shape index (κ2) is 8.14. The summed E-state index contributed by atoms with van der Waals surface area (Å²) in [4.78, 5) is 24.5. The normalized spacial score (nSPS) is 10.1. The molecular weight excluding hydrogens is 347 g/mol. The molecule has 5 nitrogen and oxygen atoms in total. The van der Waals surface area contributed by atoms with Crippen LogP contribution < -0.4 is 15.4 Å². The van der Waals surface area contributed by atoms with Crippen LogP contribution in [0.5, 0.6) is 5.75 Å². The Morgan fingerprint density at radius 1 is 0.815 bits per heavy atom. The summed E-state index contributed by atoms with van der Waals surface area (Å²) in [5.74, 6) is -0.909. The van der Waals surface area contributed by atoms with Crippen LogP contribution in [0.15, 0.2) is 72.8 Å². The molecule has 0 fully saturated rings. The number of amides is 2. The van der Waals surface area contributed by atoms with Gasteiger partial charge in [0, 0.05) is 11.3 Å². The van der Waals surface area contributed by atoms with Crippen molar-refractivity contribution in [3.8, 4) is 5.75 Å². The van der Waals surface area contributed by atoms with E-state index in [2.05, 4.69) is 10.6 Å². The maximum absolute atomic E-state index is 13.7. The number of nitrogens with one attached hydrogen (secondary N) is 2. The van der Waals surface area contributed by atoms with Crippen molar-refractivity contribution >= 4 is 23.2 Å². The zero-order chi connectivity index (χ0) is 19.2. The molecule has 27 heavy (non-hydrogen) atoms. The second-order valence-electron chi connectivity index (χ2n) is 5.67. The van der Waals surface area contributed by atoms with Crippen molar-refractivity contribution in [2.75, 3.05) is 17.7 Å². The fourth-order valence-corrected chi connectivity index (χ4v) is 2.49. The van der Waals surface area contributed by atoms with Gasteiger partial charge < -0.3 is 15.4 Å². The second-order valence-corrected chi connectivity index (χ2v) is 5.67. The van der Waals surface area contributed by atoms with Crippen molar-refractivity contribution in [1.82, 2.24) is 0 Å². The maximum Gasteiger partial charge on any atom is 0.258 e. The van der Waals surface area contributed by atoms with E-state index in [0.29, 0.717) is 22.7 Å². The minimum Gasteiger partial charge on any atom is -0.495 e. The van der Waals surface area contributed by atoms with Gasteiger partial charge in [0.25, 0.3) is 11.8 Å². The number of rotatable bonds is 5. The van der Waals surface area contributed by atoms with Gasteiger partial charge in [0.1, 0.15) is 11.6 Å². The van der Waals surface area contributed by atoms with Crippen LogP contribution in [-0.2, 0) is 0 Å². The van der Waals surface area contributed by atoms with Gasteiger partial charge in [-0.3, -0.25) is 9.59 Å². The van der Waals surface area contributed by atoms with Crippen molar-refractivity contribution < 1.29 is 18.7 Å². The lowest BCUT2D eigenvalue weighted by atomic mass is 10.1. The average molecular weight is 364 g/mol. The lowest BCUT2D eigenvalue weighted by Crippen LogP contribution is -2.15. The highest BCUT2D eigenvalue weighted by Gasteiger charge is 2.12. The molecule has 2 amide bonds. The molecule has 0 bridgehead atoms. The number of hydrogen-bond acceptors (Lipinski definition) is 3. The summed E-state index contributed by atoms with van der Waals surface area (Å²) in [5, 5.41) is 5.37. The summed E-state index contributed by atoms with van der Waals surface area (Å²) in [6, 6.07) is 19.1. The van der Waals surface area contributed by atoms with Gasteiger partial charge >= 0.3 is 0 Å². The number of halogens is 1. The van der Waals surface area contributed by atoms with Crippen LogP contribution in [0, 0.1) is 5.82 Å². The molecule has 0 aliphatic carbocycles. The van der Waals surface area contributed by atoms with Gasteiger partial charge in [-0.1, -0.05) is 24.3 Å². The molecule has 0 saturated heterocycles. The molecule has 3 aromatic carbocycles. The number of carbonyl (C=O) groups is 2. The molecule has 6 heteroatoms. The zero-order valence-electron chi connectivity index (χ0n) is 14.5. The van der Waals surface area contributed by atoms with Crippen LogP contribution in [0.1, 0.15) is 20.7 Å². The van der Waals surface area contributed by atoms with Crippen molar-refractivity contribution in [2.24, 2.45) is 0 Å². The van der Waals surface area contributed by atoms with E-state index < -0.39 is 11.7 Å². The predicted molar refractivity (Wildman–Crippen MR) is 102 cm³/mol. The standard InChI is InChI=1S/C21H17FN2O3/c1-27-19-9-5-4-8-18(19)24-20(25)14-10-12-15(13-11-14)23-21(26)16-6-2-3-7-17(16)22/h2-13H,1H3,(H,23,26)(H,24,25). The van der Waals surface area contributed by atoms with Crippen LogP contribution in [-0.4, -0.2) is 18.9 Å². The Morgan fingerprint density at radius 3 is 2.19 bits per heavy atom. The molecule has 0 atom stereocenters. The summed E-state index contributed by atoms with van der Waals surface area (Å²) in [6.07, 6.45) is 0. The number of ether oxygens (including phenoxy) is 1. The molecule has 0 aliphatic heterocycles. The molecule has 3 rings (SSSR count). The highest BCUT2D eigenvalue weighted by molar-refractivity contribution is 6.06. The summed E-state index contributed by atoms with van der Waals surface area (Å²) in [6.45, 7) is 0. The van der Waals surface area contributed by atoms with Gasteiger partial charge in [-0.2, -0.15) is 0 Å². The predicted octanol–water partition coefficient (Wildman–Crippen LogP) is 4.34. The van der Waals surface area contributed by atoms with Crippen molar-refractivity contribution in [3.63, 3.8) is 0 Å². The van der Waals surface area contributed by atoms with Crippen LogP contribution in [0.4, 0.5) is 15.8 Å². The number of methoxy groups -OCH3 is 1. The van der Waals surface area contributed by atoms with Gasteiger partial charge in [-0.25, -0.2) is 4.39 Å². The SMILES string of the molecule is COc1ccccc1NC(=O)c1ccc(NC(=O)c2ccccc2F)cc1. The van der Waals surface area contributed by atoms with Crippen LogP contribution in [0.3, 0.4) is 0 Å². The molecule has 3 aromatic rings. The smallest absolute Gasteiger partial charge is 0.258 e. The first-order valence-electron chi connectivity index (χ1n) is 8.19. The summed E-state index contributed by atoms with van der Waals surface area (Å²) >= 11 is 0. The Hall–Kier alpha value is -3.67. The molecule has 0 radical (unpaired) electrons. The minimum atomic E-state index is -0.595. The van der Waals surface area contributed by atoms with E-state index in [0.717, 1.165) is 0 Å². The Balaban J connectivity index is 1.69. The van der Waals surface area contributed by atoms with Crippen molar-refractivity contribution in [3.05, 3.63) is 89.7 Å². The van der Waals surface area contributed by atoms with E-state index in [4.69, 9.17) is 4.74 Å². The Bertz CT molecular complexity index is 971. The van der Waals surface area contributed by atoms with Crippen molar-refractivity contribution in [2.45, 2.75) is 0 Å². The van der Waals surface area contributed by atoms with E-state index in [1.165, 1.54) is 25.3 Å². The molecule has 0 aliphatic rings. The lowest BCUT2D eigenvalue weighted by molar-refractivity contribution is 0.101. The molecule has 0 aromatic heterocycles. The third kappa shape index (κ3) is 4.30. The van der Waals surface area contributed by atoms with Gasteiger partial charge in [-0.15, -0.1) is 0 Å². The van der Waals surface area contributed by atoms with Crippen molar-refractivity contribution in [1.29, 1.82) is 0 Å². The van der Waals surface area contributed by atoms with E-state index >= 15 is 0 Å². The monoisotopic (exact) mass is 364 g/mol. The number of para-hydroxylation sites is 2. The molecule has 136 valence electrons. The molecular formula is C21H17FN2O3. The first-order chi connectivity index (χ1) is 13.1. The van der Waals surface area contributed by atoms with E-state index in [1.54, 1.807) is 48.5 Å². The molecule has 0 saturated carbocycles. The van der Waals surface area contributed by atoms with E-state index in [-0.39, 0.29) is 11.5 Å². The number of benzene rings is 3. The summed E-state index contributed by atoms with van der Waals surface area (Å²) < 4.78 is 18.9.